The van der Waals surface area contributed by atoms with Crippen LogP contribution in [-0.4, -0.2) is 36.1 Å². The van der Waals surface area contributed by atoms with Crippen molar-refractivity contribution in [2.24, 2.45) is 0 Å². The number of ether oxygens (including phenoxy) is 2. The molecule has 0 aromatic rings. The van der Waals surface area contributed by atoms with Crippen molar-refractivity contribution in [3.05, 3.63) is 0 Å². The number of rotatable bonds is 6. The minimum atomic E-state index is -0.324. The fourth-order valence-corrected chi connectivity index (χ4v) is 1.56. The van der Waals surface area contributed by atoms with Gasteiger partial charge in [0.05, 0.1) is 18.3 Å². The average molecular weight is 202 g/mol. The van der Waals surface area contributed by atoms with Crippen molar-refractivity contribution < 1.29 is 14.6 Å². The van der Waals surface area contributed by atoms with Gasteiger partial charge in [0, 0.05) is 13.0 Å². The first-order valence-electron chi connectivity index (χ1n) is 5.64. The molecule has 0 spiro atoms. The number of hydrogen-bond donors (Lipinski definition) is 1. The number of aliphatic hydroxyl groups excluding tert-OH is 1. The molecular weight excluding hydrogens is 180 g/mol. The molecule has 1 fully saturated rings. The summed E-state index contributed by atoms with van der Waals surface area (Å²) in [6, 6.07) is 0. The van der Waals surface area contributed by atoms with Gasteiger partial charge in [-0.15, -0.1) is 0 Å². The molecule has 0 bridgehead atoms. The van der Waals surface area contributed by atoms with Crippen LogP contribution in [0, 0.1) is 0 Å². The maximum atomic E-state index is 9.49. The molecule has 1 N–H and O–H groups in total. The van der Waals surface area contributed by atoms with Gasteiger partial charge in [-0.25, -0.2) is 0 Å². The van der Waals surface area contributed by atoms with Crippen LogP contribution in [-0.2, 0) is 9.47 Å². The first kappa shape index (κ1) is 12.0. The molecule has 0 aromatic heterocycles. The summed E-state index contributed by atoms with van der Waals surface area (Å²) in [6.45, 7) is 6.93. The Hall–Kier alpha value is -0.120. The Morgan fingerprint density at radius 3 is 2.64 bits per heavy atom. The van der Waals surface area contributed by atoms with Crippen molar-refractivity contribution in [1.82, 2.24) is 0 Å². The summed E-state index contributed by atoms with van der Waals surface area (Å²) in [4.78, 5) is 0. The van der Waals surface area contributed by atoms with Crippen LogP contribution in [0.25, 0.3) is 0 Å². The first-order chi connectivity index (χ1) is 6.69. The summed E-state index contributed by atoms with van der Waals surface area (Å²) in [5, 5.41) is 9.49. The highest BCUT2D eigenvalue weighted by molar-refractivity contribution is 4.92. The van der Waals surface area contributed by atoms with Gasteiger partial charge in [-0.05, 0) is 19.8 Å². The van der Waals surface area contributed by atoms with Gasteiger partial charge in [-0.2, -0.15) is 0 Å². The van der Waals surface area contributed by atoms with Gasteiger partial charge in [0.1, 0.15) is 6.10 Å². The van der Waals surface area contributed by atoms with Crippen LogP contribution in [0.3, 0.4) is 0 Å². The molecule has 4 unspecified atom stereocenters. The molecule has 0 saturated heterocycles. The van der Waals surface area contributed by atoms with Crippen molar-refractivity contribution in [2.75, 3.05) is 6.61 Å². The standard InChI is InChI=1S/C11H22O3/c1-4-6-13-11-9(12)7-10(11)14-8(3)5-2/h8-12H,4-7H2,1-3H3. The minimum absolute atomic E-state index is 0.0936. The fraction of sp³-hybridized carbons (Fsp3) is 1.00. The van der Waals surface area contributed by atoms with E-state index >= 15 is 0 Å². The van der Waals surface area contributed by atoms with E-state index in [0.717, 1.165) is 19.3 Å². The summed E-state index contributed by atoms with van der Waals surface area (Å²) >= 11 is 0. The Bertz CT molecular complexity index is 161. The Balaban J connectivity index is 2.25. The summed E-state index contributed by atoms with van der Waals surface area (Å²) in [5.41, 5.74) is 0. The summed E-state index contributed by atoms with van der Waals surface area (Å²) in [7, 11) is 0. The molecule has 0 aliphatic heterocycles. The van der Waals surface area contributed by atoms with E-state index in [-0.39, 0.29) is 24.4 Å². The predicted molar refractivity (Wildman–Crippen MR) is 55.3 cm³/mol. The third kappa shape index (κ3) is 2.94. The second-order valence-corrected chi connectivity index (χ2v) is 4.03. The highest BCUT2D eigenvalue weighted by Gasteiger charge is 2.42. The van der Waals surface area contributed by atoms with Crippen molar-refractivity contribution >= 4 is 0 Å². The second-order valence-electron chi connectivity index (χ2n) is 4.03. The van der Waals surface area contributed by atoms with E-state index in [1.807, 2.05) is 0 Å². The van der Waals surface area contributed by atoms with Gasteiger partial charge in [0.2, 0.25) is 0 Å². The summed E-state index contributed by atoms with van der Waals surface area (Å²) < 4.78 is 11.3. The third-order valence-electron chi connectivity index (χ3n) is 2.72. The molecule has 84 valence electrons. The van der Waals surface area contributed by atoms with Gasteiger partial charge < -0.3 is 14.6 Å². The molecule has 14 heavy (non-hydrogen) atoms. The number of aliphatic hydroxyl groups is 1. The Kier molecular flexibility index (Phi) is 4.85. The lowest BCUT2D eigenvalue weighted by atomic mass is 9.88. The van der Waals surface area contributed by atoms with E-state index in [0.29, 0.717) is 6.61 Å². The summed E-state index contributed by atoms with van der Waals surface area (Å²) in [5.74, 6) is 0. The van der Waals surface area contributed by atoms with E-state index in [1.165, 1.54) is 0 Å². The molecular formula is C11H22O3. The largest absolute Gasteiger partial charge is 0.390 e. The fourth-order valence-electron chi connectivity index (χ4n) is 1.56. The van der Waals surface area contributed by atoms with Gasteiger partial charge in [0.15, 0.2) is 0 Å². The first-order valence-corrected chi connectivity index (χ1v) is 5.64. The van der Waals surface area contributed by atoms with E-state index in [2.05, 4.69) is 20.8 Å². The molecule has 4 atom stereocenters. The van der Waals surface area contributed by atoms with Crippen molar-refractivity contribution in [3.63, 3.8) is 0 Å². The molecule has 0 radical (unpaired) electrons. The molecule has 0 heterocycles. The zero-order valence-corrected chi connectivity index (χ0v) is 9.40. The monoisotopic (exact) mass is 202 g/mol. The smallest absolute Gasteiger partial charge is 0.110 e. The van der Waals surface area contributed by atoms with Crippen LogP contribution in [0.2, 0.25) is 0 Å². The van der Waals surface area contributed by atoms with Crippen LogP contribution in [0.15, 0.2) is 0 Å². The number of hydrogen-bond acceptors (Lipinski definition) is 3. The zero-order chi connectivity index (χ0) is 10.6. The quantitative estimate of drug-likeness (QED) is 0.713. The molecule has 0 aromatic carbocycles. The zero-order valence-electron chi connectivity index (χ0n) is 9.40. The average Bonchev–Trinajstić information content (AvgIpc) is 2.17. The van der Waals surface area contributed by atoms with Gasteiger partial charge in [-0.1, -0.05) is 13.8 Å². The predicted octanol–water partition coefficient (Wildman–Crippen LogP) is 1.73. The second kappa shape index (κ2) is 5.69. The molecule has 3 heteroatoms. The van der Waals surface area contributed by atoms with Gasteiger partial charge in [0.25, 0.3) is 0 Å². The molecule has 1 saturated carbocycles. The lowest BCUT2D eigenvalue weighted by Crippen LogP contribution is -2.54. The van der Waals surface area contributed by atoms with Crippen molar-refractivity contribution in [2.45, 2.75) is 64.4 Å². The van der Waals surface area contributed by atoms with E-state index in [1.54, 1.807) is 0 Å². The maximum Gasteiger partial charge on any atom is 0.110 e. The molecule has 1 aliphatic rings. The van der Waals surface area contributed by atoms with Gasteiger partial charge >= 0.3 is 0 Å². The molecule has 1 aliphatic carbocycles. The maximum absolute atomic E-state index is 9.49. The highest BCUT2D eigenvalue weighted by atomic mass is 16.6. The van der Waals surface area contributed by atoms with Crippen LogP contribution in [0.4, 0.5) is 0 Å². The van der Waals surface area contributed by atoms with E-state index in [4.69, 9.17) is 9.47 Å². The van der Waals surface area contributed by atoms with Crippen LogP contribution in [0.5, 0.6) is 0 Å². The SMILES string of the molecule is CCCOC1C(O)CC1OC(C)CC. The lowest BCUT2D eigenvalue weighted by Gasteiger charge is -2.42. The van der Waals surface area contributed by atoms with E-state index < -0.39 is 0 Å². The topological polar surface area (TPSA) is 38.7 Å². The van der Waals surface area contributed by atoms with Crippen LogP contribution in [0.1, 0.15) is 40.0 Å². The van der Waals surface area contributed by atoms with Crippen molar-refractivity contribution in [3.8, 4) is 0 Å². The van der Waals surface area contributed by atoms with Crippen molar-refractivity contribution in [1.29, 1.82) is 0 Å². The van der Waals surface area contributed by atoms with Gasteiger partial charge in [-0.3, -0.25) is 0 Å². The minimum Gasteiger partial charge on any atom is -0.390 e. The molecule has 1 rings (SSSR count). The Morgan fingerprint density at radius 1 is 1.43 bits per heavy atom. The van der Waals surface area contributed by atoms with E-state index in [9.17, 15) is 5.11 Å². The normalized spacial score (nSPS) is 33.9. The summed E-state index contributed by atoms with van der Waals surface area (Å²) in [6.07, 6.45) is 2.66. The van der Waals surface area contributed by atoms with Crippen LogP contribution < -0.4 is 0 Å². The highest BCUT2D eigenvalue weighted by Crippen LogP contribution is 2.28. The Morgan fingerprint density at radius 2 is 2.14 bits per heavy atom. The molecule has 0 amide bonds. The Labute approximate surface area is 86.4 Å². The third-order valence-corrected chi connectivity index (χ3v) is 2.72. The molecule has 3 nitrogen and oxygen atoms in total. The van der Waals surface area contributed by atoms with Crippen LogP contribution >= 0.6 is 0 Å². The lowest BCUT2D eigenvalue weighted by molar-refractivity contribution is -0.205.